The maximum Gasteiger partial charge on any atom is 0.193 e. The predicted molar refractivity (Wildman–Crippen MR) is 213 cm³/mol. The number of ether oxygens (including phenoxy) is 2. The normalized spacial score (nSPS) is 51.4. The topological polar surface area (TPSA) is 188 Å². The lowest BCUT2D eigenvalue weighted by molar-refractivity contribution is -0.219. The van der Waals surface area contributed by atoms with E-state index >= 15 is 4.39 Å². The van der Waals surface area contributed by atoms with Crippen LogP contribution in [0.2, 0.25) is 0 Å². The first-order valence-electron chi connectivity index (χ1n) is 21.9. The Hall–Kier alpha value is -2.71. The molecule has 12 heteroatoms. The van der Waals surface area contributed by atoms with Crippen LogP contribution in [0.3, 0.4) is 0 Å². The number of hydrogen-bond donors (Lipinski definition) is 5. The second-order valence-electron chi connectivity index (χ2n) is 20.5. The van der Waals surface area contributed by atoms with Crippen molar-refractivity contribution in [1.82, 2.24) is 0 Å². The fourth-order valence-electron chi connectivity index (χ4n) is 15.4. The van der Waals surface area contributed by atoms with E-state index in [1.54, 1.807) is 39.0 Å². The highest BCUT2D eigenvalue weighted by Gasteiger charge is 2.77. The van der Waals surface area contributed by atoms with Gasteiger partial charge in [-0.2, -0.15) is 0 Å². The first kappa shape index (κ1) is 43.0. The molecule has 1 saturated heterocycles. The summed E-state index contributed by atoms with van der Waals surface area (Å²) in [5, 5.41) is 53.4. The van der Waals surface area contributed by atoms with Gasteiger partial charge in [-0.05, 0) is 113 Å². The van der Waals surface area contributed by atoms with E-state index in [4.69, 9.17) is 9.47 Å². The van der Waals surface area contributed by atoms with Crippen molar-refractivity contribution in [3.8, 4) is 0 Å². The van der Waals surface area contributed by atoms with Gasteiger partial charge in [0.1, 0.15) is 18.8 Å². The van der Waals surface area contributed by atoms with Gasteiger partial charge in [0.2, 0.25) is 0 Å². The quantitative estimate of drug-likeness (QED) is 0.252. The lowest BCUT2D eigenvalue weighted by atomic mass is 9.44. The van der Waals surface area contributed by atoms with E-state index in [1.165, 1.54) is 12.2 Å². The third-order valence-corrected chi connectivity index (χ3v) is 18.2. The third-order valence-electron chi connectivity index (χ3n) is 18.2. The molecule has 0 unspecified atom stereocenters. The first-order chi connectivity index (χ1) is 27.7. The van der Waals surface area contributed by atoms with Crippen LogP contribution in [0.25, 0.3) is 0 Å². The third kappa shape index (κ3) is 5.41. The molecule has 9 rings (SSSR count). The van der Waals surface area contributed by atoms with Crippen LogP contribution >= 0.6 is 0 Å². The predicted octanol–water partition coefficient (Wildman–Crippen LogP) is 4.61. The maximum absolute atomic E-state index is 16.9. The number of halogens is 1. The van der Waals surface area contributed by atoms with Gasteiger partial charge < -0.3 is 35.0 Å². The highest BCUT2D eigenvalue weighted by molar-refractivity contribution is 6.02. The molecule has 11 nitrogen and oxygen atoms in total. The Bertz CT molecular complexity index is 1940. The second kappa shape index (κ2) is 14.2. The molecule has 0 radical (unpaired) electrons. The molecule has 8 aliphatic carbocycles. The second-order valence-corrected chi connectivity index (χ2v) is 20.5. The Kier molecular flexibility index (Phi) is 10.3. The van der Waals surface area contributed by atoms with E-state index in [0.29, 0.717) is 44.1 Å². The number of hydrogen-bond acceptors (Lipinski definition) is 11. The zero-order valence-electron chi connectivity index (χ0n) is 35.3. The van der Waals surface area contributed by atoms with Gasteiger partial charge in [0.05, 0.1) is 18.3 Å². The van der Waals surface area contributed by atoms with E-state index in [-0.39, 0.29) is 52.9 Å². The van der Waals surface area contributed by atoms with Gasteiger partial charge >= 0.3 is 0 Å². The number of aliphatic hydroxyl groups is 5. The van der Waals surface area contributed by atoms with E-state index in [9.17, 15) is 44.7 Å². The van der Waals surface area contributed by atoms with E-state index in [1.807, 2.05) is 6.08 Å². The van der Waals surface area contributed by atoms with Crippen LogP contribution in [0.15, 0.2) is 47.6 Å². The van der Waals surface area contributed by atoms with Crippen LogP contribution in [-0.2, 0) is 28.7 Å². The van der Waals surface area contributed by atoms with Gasteiger partial charge in [-0.25, -0.2) is 4.39 Å². The zero-order chi connectivity index (χ0) is 42.9. The van der Waals surface area contributed by atoms with Gasteiger partial charge in [0.25, 0.3) is 0 Å². The molecule has 5 N–H and O–H groups in total. The van der Waals surface area contributed by atoms with Gasteiger partial charge in [0, 0.05) is 33.5 Å². The Morgan fingerprint density at radius 1 is 0.847 bits per heavy atom. The summed E-state index contributed by atoms with van der Waals surface area (Å²) in [4.78, 5) is 49.6. The van der Waals surface area contributed by atoms with Gasteiger partial charge in [-0.15, -0.1) is 0 Å². The van der Waals surface area contributed by atoms with E-state index in [0.717, 1.165) is 24.8 Å². The van der Waals surface area contributed by atoms with Crippen molar-refractivity contribution < 1.29 is 58.6 Å². The lowest BCUT2D eigenvalue weighted by Crippen LogP contribution is -2.69. The van der Waals surface area contributed by atoms with Gasteiger partial charge in [-0.1, -0.05) is 64.3 Å². The Labute approximate surface area is 346 Å². The standard InChI is InChI=1S/C25H34O6.C22H29FO5/c1-4-5-21-30-20-11-17-16-7-6-14-10-15(27)8-9-23(14,2)22(16)18(28)12-24(17,3)25(20,31-21)19(29)13-26;1-12-8-16-15-5-4-13-9-14(25)6-7-19(13,2)21(15,23)17(26)10-20(16,3)22(12,28)18(27)11-24/h8-10,16-18,20-22,26,28H,4-7,11-13H2,1-3H3;6-7,9,12,15-17,24,26,28H,4-5,8,10-11H2,1-3H3/t16-,17-,18-,20+,21+,22+,23-,24-,25+;12-,15+,16+,17+,19+,20+,21+,22+/m01/s1. The molecule has 9 aliphatic rings. The molecule has 0 amide bonds. The summed E-state index contributed by atoms with van der Waals surface area (Å²) in [6.07, 6.45) is 12.8. The van der Waals surface area contributed by atoms with Crippen LogP contribution in [0, 0.1) is 57.2 Å². The summed E-state index contributed by atoms with van der Waals surface area (Å²) in [6.45, 7) is 10.2. The number of ketones is 4. The first-order valence-corrected chi connectivity index (χ1v) is 21.9. The largest absolute Gasteiger partial charge is 0.393 e. The number of rotatable bonds is 6. The Balaban J connectivity index is 0.000000165. The molecule has 0 aromatic heterocycles. The van der Waals surface area contributed by atoms with E-state index in [2.05, 4.69) is 20.8 Å². The minimum absolute atomic E-state index is 0.0125. The van der Waals surface area contributed by atoms with Crippen LogP contribution in [0.5, 0.6) is 0 Å². The van der Waals surface area contributed by atoms with Gasteiger partial charge in [0.15, 0.2) is 40.7 Å². The molecule has 59 heavy (non-hydrogen) atoms. The number of alkyl halides is 1. The summed E-state index contributed by atoms with van der Waals surface area (Å²) in [6, 6.07) is 0. The number of carbonyl (C=O) groups excluding carboxylic acids is 4. The van der Waals surface area contributed by atoms with Crippen molar-refractivity contribution >= 4 is 23.1 Å². The molecule has 0 spiro atoms. The average molecular weight is 823 g/mol. The SMILES string of the molecule is CCC[C@@H]1O[C@@H]2C[C@H]3[C@@H]4CCC5=CC(=O)C=C[C@]5(C)[C@H]4[C@@H](O)C[C@]3(C)[C@]2(C(=O)CO)O1.C[C@@H]1C[C@H]2[C@@H]3CCC4=CC(=O)C=C[C@]4(C)[C@@]3(F)[C@@H](O)C[C@]2(C)[C@@]1(O)C(=O)CO. The molecule has 1 heterocycles. The molecular weight excluding hydrogens is 760 g/mol. The molecule has 0 bridgehead atoms. The van der Waals surface area contributed by atoms with Crippen LogP contribution in [-0.4, -0.2) is 103 Å². The molecular formula is C47H63FO11. The molecule has 0 aromatic carbocycles. The van der Waals surface area contributed by atoms with Crippen molar-refractivity contribution in [2.75, 3.05) is 13.2 Å². The van der Waals surface area contributed by atoms with Gasteiger partial charge in [-0.3, -0.25) is 19.2 Å². The number of allylic oxidation sites excluding steroid dienone is 8. The minimum Gasteiger partial charge on any atom is -0.393 e. The zero-order valence-corrected chi connectivity index (χ0v) is 35.3. The fourth-order valence-corrected chi connectivity index (χ4v) is 15.4. The Morgan fingerprint density at radius 3 is 2.15 bits per heavy atom. The van der Waals surface area contributed by atoms with Crippen LogP contribution in [0.1, 0.15) is 106 Å². The number of fused-ring (bicyclic) bond motifs is 12. The summed E-state index contributed by atoms with van der Waals surface area (Å²) in [5.41, 5.74) is -6.22. The van der Waals surface area contributed by atoms with Crippen molar-refractivity contribution in [3.63, 3.8) is 0 Å². The van der Waals surface area contributed by atoms with Crippen molar-refractivity contribution in [1.29, 1.82) is 0 Å². The number of carbonyl (C=O) groups is 4. The highest BCUT2D eigenvalue weighted by atomic mass is 19.1. The summed E-state index contributed by atoms with van der Waals surface area (Å²) < 4.78 is 29.5. The minimum atomic E-state index is -1.98. The molecule has 7 fully saturated rings. The monoisotopic (exact) mass is 822 g/mol. The van der Waals surface area contributed by atoms with Crippen LogP contribution < -0.4 is 0 Å². The number of Topliss-reactive ketones (excluding diaryl/α,β-unsaturated/α-hetero) is 2. The molecule has 0 aromatic rings. The average Bonchev–Trinajstić information content (AvgIpc) is 3.75. The smallest absolute Gasteiger partial charge is 0.193 e. The fraction of sp³-hybridized carbons (Fsp3) is 0.745. The summed E-state index contributed by atoms with van der Waals surface area (Å²) >= 11 is 0. The molecule has 1 aliphatic heterocycles. The lowest BCUT2D eigenvalue weighted by Gasteiger charge is -2.62. The van der Waals surface area contributed by atoms with Crippen molar-refractivity contribution in [2.45, 2.75) is 147 Å². The van der Waals surface area contributed by atoms with E-state index < -0.39 is 88.6 Å². The maximum atomic E-state index is 16.9. The van der Waals surface area contributed by atoms with Crippen molar-refractivity contribution in [3.05, 3.63) is 47.6 Å². The van der Waals surface area contributed by atoms with Crippen LogP contribution in [0.4, 0.5) is 4.39 Å². The Morgan fingerprint density at radius 2 is 1.49 bits per heavy atom. The highest BCUT2D eigenvalue weighted by Crippen LogP contribution is 2.72. The molecule has 324 valence electrons. The number of aliphatic hydroxyl groups excluding tert-OH is 4. The summed E-state index contributed by atoms with van der Waals surface area (Å²) in [7, 11) is 0. The van der Waals surface area contributed by atoms with Crippen molar-refractivity contribution in [2.24, 2.45) is 57.2 Å². The summed E-state index contributed by atoms with van der Waals surface area (Å²) in [5.74, 6) is -2.09. The molecule has 17 atom stereocenters. The molecule has 6 saturated carbocycles.